The van der Waals surface area contributed by atoms with E-state index in [1.54, 1.807) is 18.2 Å². The lowest BCUT2D eigenvalue weighted by Crippen LogP contribution is -2.28. The number of hydrogen-bond donors (Lipinski definition) is 2. The zero-order chi connectivity index (χ0) is 18.2. The van der Waals surface area contributed by atoms with Crippen LogP contribution in [0.5, 0.6) is 5.75 Å². The Balaban J connectivity index is 1.92. The first kappa shape index (κ1) is 18.7. The lowest BCUT2D eigenvalue weighted by molar-refractivity contribution is 0.0601. The van der Waals surface area contributed by atoms with E-state index in [2.05, 4.69) is 10.6 Å². The first-order chi connectivity index (χ1) is 12.0. The Hall–Kier alpha value is -2.60. The molecule has 0 spiro atoms. The summed E-state index contributed by atoms with van der Waals surface area (Å²) in [6, 6.07) is 14.8. The molecule has 0 atom stereocenters. The van der Waals surface area contributed by atoms with Crippen molar-refractivity contribution in [2.45, 2.75) is 26.5 Å². The van der Waals surface area contributed by atoms with E-state index in [1.807, 2.05) is 44.2 Å². The van der Waals surface area contributed by atoms with Gasteiger partial charge in [-0.05, 0) is 62.0 Å². The van der Waals surface area contributed by atoms with Crippen LogP contribution in [-0.2, 0) is 11.3 Å². The maximum Gasteiger partial charge on any atom is 0.337 e. The Labute approximate surface area is 153 Å². The monoisotopic (exact) mass is 358 g/mol. The van der Waals surface area contributed by atoms with E-state index in [9.17, 15) is 4.79 Å². The summed E-state index contributed by atoms with van der Waals surface area (Å²) in [5, 5.41) is 6.67. The van der Waals surface area contributed by atoms with E-state index in [-0.39, 0.29) is 12.1 Å². The number of carbonyl (C=O) groups is 1. The van der Waals surface area contributed by atoms with Crippen molar-refractivity contribution in [1.82, 2.24) is 5.32 Å². The molecule has 6 heteroatoms. The van der Waals surface area contributed by atoms with Crippen molar-refractivity contribution in [1.29, 1.82) is 0 Å². The summed E-state index contributed by atoms with van der Waals surface area (Å²) in [7, 11) is 1.35. The summed E-state index contributed by atoms with van der Waals surface area (Å²) in [4.78, 5) is 11.6. The number of rotatable bonds is 6. The Bertz CT molecular complexity index is 747. The molecule has 0 aliphatic heterocycles. The highest BCUT2D eigenvalue weighted by Crippen LogP contribution is 2.15. The smallest absolute Gasteiger partial charge is 0.337 e. The minimum absolute atomic E-state index is 0.132. The average Bonchev–Trinajstić information content (AvgIpc) is 2.59. The van der Waals surface area contributed by atoms with Gasteiger partial charge in [0, 0.05) is 12.2 Å². The molecule has 2 rings (SSSR count). The fourth-order valence-corrected chi connectivity index (χ4v) is 2.39. The molecule has 0 radical (unpaired) electrons. The molecule has 132 valence electrons. The lowest BCUT2D eigenvalue weighted by Gasteiger charge is -2.13. The maximum absolute atomic E-state index is 11.6. The van der Waals surface area contributed by atoms with Crippen molar-refractivity contribution in [3.05, 3.63) is 59.7 Å². The summed E-state index contributed by atoms with van der Waals surface area (Å²) < 4.78 is 10.4. The quantitative estimate of drug-likeness (QED) is 0.606. The van der Waals surface area contributed by atoms with Gasteiger partial charge in [0.1, 0.15) is 5.75 Å². The van der Waals surface area contributed by atoms with Gasteiger partial charge >= 0.3 is 5.97 Å². The molecule has 0 aliphatic carbocycles. The van der Waals surface area contributed by atoms with Gasteiger partial charge in [-0.2, -0.15) is 0 Å². The van der Waals surface area contributed by atoms with Gasteiger partial charge in [-0.1, -0.05) is 18.2 Å². The molecule has 0 fully saturated rings. The van der Waals surface area contributed by atoms with Crippen LogP contribution in [0.2, 0.25) is 0 Å². The number of ether oxygens (including phenoxy) is 2. The van der Waals surface area contributed by atoms with E-state index in [4.69, 9.17) is 21.7 Å². The fourth-order valence-electron chi connectivity index (χ4n) is 2.20. The lowest BCUT2D eigenvalue weighted by atomic mass is 10.2. The van der Waals surface area contributed by atoms with Gasteiger partial charge in [-0.25, -0.2) is 4.79 Å². The largest absolute Gasteiger partial charge is 0.491 e. The number of esters is 1. The van der Waals surface area contributed by atoms with Crippen LogP contribution in [0.1, 0.15) is 29.8 Å². The molecule has 0 aliphatic rings. The predicted molar refractivity (Wildman–Crippen MR) is 103 cm³/mol. The molecule has 0 saturated carbocycles. The molecule has 0 saturated heterocycles. The SMILES string of the molecule is COC(=O)c1cccc(NC(=S)NCc2cccc(OC(C)C)c2)c1. The first-order valence-corrected chi connectivity index (χ1v) is 8.37. The topological polar surface area (TPSA) is 59.6 Å². The van der Waals surface area contributed by atoms with Gasteiger partial charge in [0.05, 0.1) is 18.8 Å². The summed E-state index contributed by atoms with van der Waals surface area (Å²) in [6.45, 7) is 4.55. The molecule has 0 unspecified atom stereocenters. The maximum atomic E-state index is 11.6. The standard InChI is InChI=1S/C19H22N2O3S/c1-13(2)24-17-9-4-6-14(10-17)12-20-19(25)21-16-8-5-7-15(11-16)18(22)23-3/h4-11,13H,12H2,1-3H3,(H2,20,21,25). The van der Waals surface area contributed by atoms with E-state index < -0.39 is 0 Å². The summed E-state index contributed by atoms with van der Waals surface area (Å²) in [5.74, 6) is 0.448. The van der Waals surface area contributed by atoms with Gasteiger partial charge in [-0.3, -0.25) is 0 Å². The first-order valence-electron chi connectivity index (χ1n) is 7.96. The van der Waals surface area contributed by atoms with Gasteiger partial charge in [0.15, 0.2) is 5.11 Å². The highest BCUT2D eigenvalue weighted by Gasteiger charge is 2.06. The third-order valence-corrected chi connectivity index (χ3v) is 3.51. The number of carbonyl (C=O) groups excluding carboxylic acids is 1. The molecule has 2 aromatic carbocycles. The van der Waals surface area contributed by atoms with E-state index in [0.29, 0.717) is 17.2 Å². The third-order valence-electron chi connectivity index (χ3n) is 3.26. The van der Waals surface area contributed by atoms with Crippen LogP contribution in [0.15, 0.2) is 48.5 Å². The normalized spacial score (nSPS) is 10.2. The van der Waals surface area contributed by atoms with E-state index in [0.717, 1.165) is 17.0 Å². The molecule has 0 heterocycles. The number of methoxy groups -OCH3 is 1. The van der Waals surface area contributed by atoms with Crippen LogP contribution >= 0.6 is 12.2 Å². The number of anilines is 1. The molecule has 2 aromatic rings. The average molecular weight is 358 g/mol. The minimum Gasteiger partial charge on any atom is -0.491 e. The van der Waals surface area contributed by atoms with Crippen molar-refractivity contribution in [2.75, 3.05) is 12.4 Å². The number of thiocarbonyl (C=S) groups is 1. The number of nitrogens with one attached hydrogen (secondary N) is 2. The van der Waals surface area contributed by atoms with Crippen molar-refractivity contribution < 1.29 is 14.3 Å². The van der Waals surface area contributed by atoms with E-state index in [1.165, 1.54) is 7.11 Å². The Morgan fingerprint density at radius 2 is 1.92 bits per heavy atom. The van der Waals surface area contributed by atoms with Crippen LogP contribution in [0, 0.1) is 0 Å². The number of hydrogen-bond acceptors (Lipinski definition) is 4. The second kappa shape index (κ2) is 9.03. The summed E-state index contributed by atoms with van der Waals surface area (Å²) in [6.07, 6.45) is 0.132. The van der Waals surface area contributed by atoms with Crippen molar-refractivity contribution in [3.8, 4) is 5.75 Å². The van der Waals surface area contributed by atoms with Gasteiger partial charge in [0.2, 0.25) is 0 Å². The zero-order valence-electron chi connectivity index (χ0n) is 14.5. The second-order valence-corrected chi connectivity index (χ2v) is 6.10. The minimum atomic E-state index is -0.385. The number of benzene rings is 2. The second-order valence-electron chi connectivity index (χ2n) is 5.69. The van der Waals surface area contributed by atoms with Crippen LogP contribution < -0.4 is 15.4 Å². The van der Waals surface area contributed by atoms with Crippen molar-refractivity contribution in [3.63, 3.8) is 0 Å². The Morgan fingerprint density at radius 3 is 2.64 bits per heavy atom. The fraction of sp³-hybridized carbons (Fsp3) is 0.263. The molecular formula is C19H22N2O3S. The predicted octanol–water partition coefficient (Wildman–Crippen LogP) is 3.75. The van der Waals surface area contributed by atoms with E-state index >= 15 is 0 Å². The summed E-state index contributed by atoms with van der Waals surface area (Å²) >= 11 is 5.31. The van der Waals surface area contributed by atoms with Gasteiger partial charge in [-0.15, -0.1) is 0 Å². The molecule has 25 heavy (non-hydrogen) atoms. The zero-order valence-corrected chi connectivity index (χ0v) is 15.4. The van der Waals surface area contributed by atoms with Crippen LogP contribution in [-0.4, -0.2) is 24.3 Å². The molecular weight excluding hydrogens is 336 g/mol. The van der Waals surface area contributed by atoms with Crippen LogP contribution in [0.4, 0.5) is 5.69 Å². The van der Waals surface area contributed by atoms with Gasteiger partial charge in [0.25, 0.3) is 0 Å². The Morgan fingerprint density at radius 1 is 1.16 bits per heavy atom. The third kappa shape index (κ3) is 6.08. The van der Waals surface area contributed by atoms with Gasteiger partial charge < -0.3 is 20.1 Å². The molecule has 0 aromatic heterocycles. The van der Waals surface area contributed by atoms with Crippen LogP contribution in [0.3, 0.4) is 0 Å². The van der Waals surface area contributed by atoms with Crippen molar-refractivity contribution in [2.24, 2.45) is 0 Å². The van der Waals surface area contributed by atoms with Crippen LogP contribution in [0.25, 0.3) is 0 Å². The highest BCUT2D eigenvalue weighted by molar-refractivity contribution is 7.80. The molecule has 0 bridgehead atoms. The summed E-state index contributed by atoms with van der Waals surface area (Å²) in [5.41, 5.74) is 2.25. The molecule has 2 N–H and O–H groups in total. The molecule has 0 amide bonds. The van der Waals surface area contributed by atoms with Crippen molar-refractivity contribution >= 4 is 29.0 Å². The highest BCUT2D eigenvalue weighted by atomic mass is 32.1. The molecule has 5 nitrogen and oxygen atoms in total. The Kier molecular flexibility index (Phi) is 6.77.